The molecule has 1 atom stereocenters. The zero-order chi connectivity index (χ0) is 12.0. The molecule has 0 saturated carbocycles. The normalized spacial score (nSPS) is 13.1. The van der Waals surface area contributed by atoms with Gasteiger partial charge in [-0.05, 0) is 14.0 Å². The van der Waals surface area contributed by atoms with Crippen LogP contribution < -0.4 is 0 Å². The SMILES string of the molecule is C[C@@H](C(=O)O)N(C)C/C=C/C(=O)N(C)C. The van der Waals surface area contributed by atoms with Gasteiger partial charge in [0.05, 0.1) is 0 Å². The molecule has 0 aliphatic carbocycles. The third-order valence-electron chi connectivity index (χ3n) is 2.11. The lowest BCUT2D eigenvalue weighted by molar-refractivity contribution is -0.141. The number of carbonyl (C=O) groups excluding carboxylic acids is 1. The fraction of sp³-hybridized carbons (Fsp3) is 0.600. The molecule has 86 valence electrons. The summed E-state index contributed by atoms with van der Waals surface area (Å²) in [5.41, 5.74) is 0. The molecule has 5 nitrogen and oxygen atoms in total. The van der Waals surface area contributed by atoms with Gasteiger partial charge in [-0.2, -0.15) is 0 Å². The van der Waals surface area contributed by atoms with Gasteiger partial charge in [0.2, 0.25) is 5.91 Å². The largest absolute Gasteiger partial charge is 0.480 e. The van der Waals surface area contributed by atoms with E-state index in [0.717, 1.165) is 0 Å². The minimum absolute atomic E-state index is 0.105. The monoisotopic (exact) mass is 214 g/mol. The van der Waals surface area contributed by atoms with Gasteiger partial charge >= 0.3 is 5.97 Å². The average molecular weight is 214 g/mol. The second-order valence-corrected chi connectivity index (χ2v) is 3.59. The molecule has 0 aliphatic rings. The van der Waals surface area contributed by atoms with Crippen molar-refractivity contribution < 1.29 is 14.7 Å². The van der Waals surface area contributed by atoms with E-state index in [2.05, 4.69) is 0 Å². The maximum Gasteiger partial charge on any atom is 0.320 e. The maximum atomic E-state index is 11.1. The van der Waals surface area contributed by atoms with Crippen molar-refractivity contribution in [3.63, 3.8) is 0 Å². The van der Waals surface area contributed by atoms with Crippen molar-refractivity contribution in [2.45, 2.75) is 13.0 Å². The Labute approximate surface area is 90.0 Å². The summed E-state index contributed by atoms with van der Waals surface area (Å²) >= 11 is 0. The van der Waals surface area contributed by atoms with Gasteiger partial charge in [-0.15, -0.1) is 0 Å². The molecule has 0 unspecified atom stereocenters. The van der Waals surface area contributed by atoms with Gasteiger partial charge in [-0.25, -0.2) is 0 Å². The van der Waals surface area contributed by atoms with Crippen molar-refractivity contribution in [1.82, 2.24) is 9.80 Å². The quantitative estimate of drug-likeness (QED) is 0.656. The Balaban J connectivity index is 4.05. The summed E-state index contributed by atoms with van der Waals surface area (Å²) in [6.45, 7) is 2.04. The van der Waals surface area contributed by atoms with Crippen molar-refractivity contribution in [3.8, 4) is 0 Å². The fourth-order valence-electron chi connectivity index (χ4n) is 0.816. The minimum atomic E-state index is -0.871. The van der Waals surface area contributed by atoms with Crippen LogP contribution in [0.5, 0.6) is 0 Å². The minimum Gasteiger partial charge on any atom is -0.480 e. The summed E-state index contributed by atoms with van der Waals surface area (Å²) in [4.78, 5) is 24.8. The number of likely N-dealkylation sites (N-methyl/N-ethyl adjacent to an activating group) is 2. The van der Waals surface area contributed by atoms with E-state index in [1.54, 1.807) is 39.0 Å². The van der Waals surface area contributed by atoms with Crippen molar-refractivity contribution in [1.29, 1.82) is 0 Å². The number of hydrogen-bond donors (Lipinski definition) is 1. The van der Waals surface area contributed by atoms with Crippen LogP contribution >= 0.6 is 0 Å². The molecule has 0 bridgehead atoms. The third kappa shape index (κ3) is 5.17. The Morgan fingerprint density at radius 2 is 1.87 bits per heavy atom. The van der Waals surface area contributed by atoms with Gasteiger partial charge in [0.15, 0.2) is 0 Å². The van der Waals surface area contributed by atoms with Crippen LogP contribution in [-0.4, -0.2) is 60.5 Å². The summed E-state index contributed by atoms with van der Waals surface area (Å²) in [5, 5.41) is 8.71. The number of carboxylic acid groups (broad SMARTS) is 1. The van der Waals surface area contributed by atoms with E-state index >= 15 is 0 Å². The molecule has 1 amide bonds. The van der Waals surface area contributed by atoms with Crippen LogP contribution in [0.1, 0.15) is 6.92 Å². The first-order chi connectivity index (χ1) is 6.86. The Morgan fingerprint density at radius 1 is 1.33 bits per heavy atom. The summed E-state index contributed by atoms with van der Waals surface area (Å²) in [6.07, 6.45) is 3.09. The zero-order valence-electron chi connectivity index (χ0n) is 9.60. The summed E-state index contributed by atoms with van der Waals surface area (Å²) in [7, 11) is 5.02. The molecule has 0 spiro atoms. The Bertz CT molecular complexity index is 261. The van der Waals surface area contributed by atoms with E-state index in [0.29, 0.717) is 6.54 Å². The summed E-state index contributed by atoms with van der Waals surface area (Å²) < 4.78 is 0. The average Bonchev–Trinajstić information content (AvgIpc) is 2.15. The molecule has 0 saturated heterocycles. The fourth-order valence-corrected chi connectivity index (χ4v) is 0.816. The van der Waals surface area contributed by atoms with E-state index < -0.39 is 12.0 Å². The number of amides is 1. The topological polar surface area (TPSA) is 60.9 Å². The second kappa shape index (κ2) is 6.19. The second-order valence-electron chi connectivity index (χ2n) is 3.59. The smallest absolute Gasteiger partial charge is 0.320 e. The van der Waals surface area contributed by atoms with Crippen LogP contribution in [0.3, 0.4) is 0 Å². The number of aliphatic carboxylic acids is 1. The molecule has 0 aromatic rings. The van der Waals surface area contributed by atoms with Crippen LogP contribution in [-0.2, 0) is 9.59 Å². The van der Waals surface area contributed by atoms with Gasteiger partial charge < -0.3 is 10.0 Å². The lowest BCUT2D eigenvalue weighted by Gasteiger charge is -2.18. The first-order valence-electron chi connectivity index (χ1n) is 4.67. The molecular formula is C10H18N2O3. The predicted octanol–water partition coefficient (Wildman–Crippen LogP) is 0.0357. The lowest BCUT2D eigenvalue weighted by atomic mass is 10.3. The molecule has 5 heteroatoms. The summed E-state index contributed by atoms with van der Waals surface area (Å²) in [6, 6.07) is -0.552. The highest BCUT2D eigenvalue weighted by atomic mass is 16.4. The lowest BCUT2D eigenvalue weighted by Crippen LogP contribution is -2.35. The van der Waals surface area contributed by atoms with Crippen molar-refractivity contribution >= 4 is 11.9 Å². The predicted molar refractivity (Wildman–Crippen MR) is 57.6 cm³/mol. The van der Waals surface area contributed by atoms with Gasteiger partial charge in [0.25, 0.3) is 0 Å². The Morgan fingerprint density at radius 3 is 2.27 bits per heavy atom. The van der Waals surface area contributed by atoms with Crippen LogP contribution in [0.4, 0.5) is 0 Å². The van der Waals surface area contributed by atoms with E-state index in [1.165, 1.54) is 11.0 Å². The first kappa shape index (κ1) is 13.6. The van der Waals surface area contributed by atoms with Crippen LogP contribution in [0.15, 0.2) is 12.2 Å². The molecule has 0 aromatic heterocycles. The highest BCUT2D eigenvalue weighted by molar-refractivity contribution is 5.87. The number of rotatable bonds is 5. The van der Waals surface area contributed by atoms with E-state index in [9.17, 15) is 9.59 Å². The molecule has 0 radical (unpaired) electrons. The molecule has 0 aromatic carbocycles. The van der Waals surface area contributed by atoms with E-state index in [-0.39, 0.29) is 5.91 Å². The van der Waals surface area contributed by atoms with Crippen LogP contribution in [0, 0.1) is 0 Å². The number of nitrogens with zero attached hydrogens (tertiary/aromatic N) is 2. The van der Waals surface area contributed by atoms with Crippen molar-refractivity contribution in [2.75, 3.05) is 27.7 Å². The molecule has 15 heavy (non-hydrogen) atoms. The summed E-state index contributed by atoms with van der Waals surface area (Å²) in [5.74, 6) is -0.976. The van der Waals surface area contributed by atoms with Crippen LogP contribution in [0.25, 0.3) is 0 Å². The Kier molecular flexibility index (Phi) is 5.62. The highest BCUT2D eigenvalue weighted by Crippen LogP contribution is 1.95. The van der Waals surface area contributed by atoms with Crippen LogP contribution in [0.2, 0.25) is 0 Å². The molecule has 0 heterocycles. The number of carbonyl (C=O) groups is 2. The maximum absolute atomic E-state index is 11.1. The molecular weight excluding hydrogens is 196 g/mol. The highest BCUT2D eigenvalue weighted by Gasteiger charge is 2.14. The molecule has 0 aliphatic heterocycles. The molecule has 0 fully saturated rings. The van der Waals surface area contributed by atoms with Gasteiger partial charge in [0, 0.05) is 26.7 Å². The van der Waals surface area contributed by atoms with E-state index in [4.69, 9.17) is 5.11 Å². The number of carboxylic acids is 1. The van der Waals surface area contributed by atoms with Crippen molar-refractivity contribution in [3.05, 3.63) is 12.2 Å². The first-order valence-corrected chi connectivity index (χ1v) is 4.67. The Hall–Kier alpha value is -1.36. The van der Waals surface area contributed by atoms with Gasteiger partial charge in [0.1, 0.15) is 6.04 Å². The molecule has 0 rings (SSSR count). The van der Waals surface area contributed by atoms with Gasteiger partial charge in [-0.3, -0.25) is 14.5 Å². The van der Waals surface area contributed by atoms with Gasteiger partial charge in [-0.1, -0.05) is 6.08 Å². The zero-order valence-corrected chi connectivity index (χ0v) is 9.60. The third-order valence-corrected chi connectivity index (χ3v) is 2.11. The molecule has 1 N–H and O–H groups in total. The van der Waals surface area contributed by atoms with Crippen molar-refractivity contribution in [2.24, 2.45) is 0 Å². The number of hydrogen-bond acceptors (Lipinski definition) is 3. The van der Waals surface area contributed by atoms with E-state index in [1.807, 2.05) is 0 Å². The standard InChI is InChI=1S/C10H18N2O3/c1-8(10(14)15)12(4)7-5-6-9(13)11(2)3/h5-6,8H,7H2,1-4H3,(H,14,15)/b6-5+/t8-/m0/s1.